The van der Waals surface area contributed by atoms with Crippen LogP contribution in [-0.2, 0) is 0 Å². The second kappa shape index (κ2) is 6.68. The molecule has 0 saturated carbocycles. The SMILES string of the molecule is Cc1ccc(N2CCN(C(=O)c3cc4nc(C)cc(C)n4n3)[C@@H](C)C2)cc1. The highest BCUT2D eigenvalue weighted by Gasteiger charge is 2.29. The fourth-order valence-corrected chi connectivity index (χ4v) is 3.79. The van der Waals surface area contributed by atoms with E-state index in [0.29, 0.717) is 12.2 Å². The van der Waals surface area contributed by atoms with Crippen LogP contribution in [0.5, 0.6) is 0 Å². The second-order valence-corrected chi connectivity index (χ2v) is 7.47. The maximum atomic E-state index is 13.1. The van der Waals surface area contributed by atoms with Crippen molar-refractivity contribution in [2.75, 3.05) is 24.5 Å². The van der Waals surface area contributed by atoms with Crippen molar-refractivity contribution in [1.82, 2.24) is 19.5 Å². The Morgan fingerprint density at radius 1 is 1.07 bits per heavy atom. The number of fused-ring (bicyclic) bond motifs is 1. The number of rotatable bonds is 2. The molecule has 1 aliphatic rings. The lowest BCUT2D eigenvalue weighted by molar-refractivity contribution is 0.0667. The minimum atomic E-state index is -0.0198. The molecule has 27 heavy (non-hydrogen) atoms. The standard InChI is InChI=1S/C21H25N5O/c1-14-5-7-18(8-6-14)24-9-10-25(17(4)13-24)21(27)19-12-20-22-15(2)11-16(3)26(20)23-19/h5-8,11-12,17H,9-10,13H2,1-4H3/t17-/m0/s1. The summed E-state index contributed by atoms with van der Waals surface area (Å²) in [6.45, 7) is 10.5. The highest BCUT2D eigenvalue weighted by molar-refractivity contribution is 5.93. The third kappa shape index (κ3) is 3.27. The molecule has 0 aliphatic carbocycles. The van der Waals surface area contributed by atoms with Crippen molar-refractivity contribution in [3.8, 4) is 0 Å². The number of carbonyl (C=O) groups is 1. The van der Waals surface area contributed by atoms with Crippen LogP contribution in [0.1, 0.15) is 34.4 Å². The van der Waals surface area contributed by atoms with Crippen LogP contribution in [-0.4, -0.2) is 51.1 Å². The van der Waals surface area contributed by atoms with Crippen LogP contribution in [0.3, 0.4) is 0 Å². The largest absolute Gasteiger partial charge is 0.368 e. The summed E-state index contributed by atoms with van der Waals surface area (Å²) in [5.41, 5.74) is 5.57. The second-order valence-electron chi connectivity index (χ2n) is 7.47. The molecule has 3 heterocycles. The number of hydrogen-bond acceptors (Lipinski definition) is 4. The lowest BCUT2D eigenvalue weighted by atomic mass is 10.1. The molecule has 0 unspecified atom stereocenters. The Hall–Kier alpha value is -2.89. The van der Waals surface area contributed by atoms with Gasteiger partial charge >= 0.3 is 0 Å². The smallest absolute Gasteiger partial charge is 0.274 e. The zero-order valence-electron chi connectivity index (χ0n) is 16.3. The first-order valence-electron chi connectivity index (χ1n) is 9.39. The van der Waals surface area contributed by atoms with Crippen molar-refractivity contribution in [2.24, 2.45) is 0 Å². The lowest BCUT2D eigenvalue weighted by Gasteiger charge is -2.40. The quantitative estimate of drug-likeness (QED) is 0.702. The molecule has 0 N–H and O–H groups in total. The lowest BCUT2D eigenvalue weighted by Crippen LogP contribution is -2.54. The van der Waals surface area contributed by atoms with E-state index in [4.69, 9.17) is 0 Å². The summed E-state index contributed by atoms with van der Waals surface area (Å²) in [6, 6.07) is 12.4. The van der Waals surface area contributed by atoms with Gasteiger partial charge in [-0.05, 0) is 45.9 Å². The van der Waals surface area contributed by atoms with Crippen LogP contribution < -0.4 is 4.90 Å². The van der Waals surface area contributed by atoms with E-state index < -0.39 is 0 Å². The first-order chi connectivity index (χ1) is 12.9. The topological polar surface area (TPSA) is 53.7 Å². The van der Waals surface area contributed by atoms with Crippen LogP contribution >= 0.6 is 0 Å². The minimum Gasteiger partial charge on any atom is -0.368 e. The molecule has 0 radical (unpaired) electrons. The number of nitrogens with zero attached hydrogens (tertiary/aromatic N) is 5. The number of amides is 1. The Morgan fingerprint density at radius 2 is 1.81 bits per heavy atom. The Bertz CT molecular complexity index is 992. The van der Waals surface area contributed by atoms with E-state index in [0.717, 1.165) is 30.1 Å². The summed E-state index contributed by atoms with van der Waals surface area (Å²) in [4.78, 5) is 21.8. The molecule has 0 bridgehead atoms. The van der Waals surface area contributed by atoms with Gasteiger partial charge in [0.1, 0.15) is 0 Å². The maximum Gasteiger partial charge on any atom is 0.274 e. The van der Waals surface area contributed by atoms with Gasteiger partial charge in [-0.3, -0.25) is 4.79 Å². The van der Waals surface area contributed by atoms with E-state index in [1.807, 2.05) is 24.8 Å². The van der Waals surface area contributed by atoms with E-state index in [1.165, 1.54) is 11.3 Å². The van der Waals surface area contributed by atoms with E-state index in [1.54, 1.807) is 10.6 Å². The number of hydrogen-bond donors (Lipinski definition) is 0. The van der Waals surface area contributed by atoms with Crippen molar-refractivity contribution in [3.05, 3.63) is 59.0 Å². The summed E-state index contributed by atoms with van der Waals surface area (Å²) >= 11 is 0. The average molecular weight is 363 g/mol. The molecule has 0 spiro atoms. The van der Waals surface area contributed by atoms with E-state index >= 15 is 0 Å². The Balaban J connectivity index is 1.53. The highest BCUT2D eigenvalue weighted by Crippen LogP contribution is 2.21. The molecule has 1 saturated heterocycles. The third-order valence-corrected chi connectivity index (χ3v) is 5.24. The van der Waals surface area contributed by atoms with Gasteiger partial charge in [-0.2, -0.15) is 5.10 Å². The van der Waals surface area contributed by atoms with E-state index in [2.05, 4.69) is 53.1 Å². The molecule has 4 rings (SSSR count). The van der Waals surface area contributed by atoms with Gasteiger partial charge in [-0.1, -0.05) is 17.7 Å². The van der Waals surface area contributed by atoms with Crippen LogP contribution in [0.2, 0.25) is 0 Å². The van der Waals surface area contributed by atoms with Crippen molar-refractivity contribution in [2.45, 2.75) is 33.7 Å². The van der Waals surface area contributed by atoms with Crippen molar-refractivity contribution in [1.29, 1.82) is 0 Å². The van der Waals surface area contributed by atoms with E-state index in [-0.39, 0.29) is 11.9 Å². The number of aromatic nitrogens is 3. The normalized spacial score (nSPS) is 17.6. The summed E-state index contributed by atoms with van der Waals surface area (Å²) in [5.74, 6) is -0.0198. The molecule has 6 heteroatoms. The molecule has 1 fully saturated rings. The van der Waals surface area contributed by atoms with Crippen molar-refractivity contribution in [3.63, 3.8) is 0 Å². The number of benzene rings is 1. The van der Waals surface area contributed by atoms with Gasteiger partial charge in [0, 0.05) is 48.8 Å². The molecule has 1 aromatic carbocycles. The van der Waals surface area contributed by atoms with Crippen molar-refractivity contribution < 1.29 is 4.79 Å². The minimum absolute atomic E-state index is 0.0198. The Kier molecular flexibility index (Phi) is 4.34. The number of aryl methyl sites for hydroxylation is 3. The predicted molar refractivity (Wildman–Crippen MR) is 106 cm³/mol. The van der Waals surface area contributed by atoms with Gasteiger partial charge in [-0.15, -0.1) is 0 Å². The Morgan fingerprint density at radius 3 is 2.52 bits per heavy atom. The molecule has 2 aromatic heterocycles. The van der Waals surface area contributed by atoms with E-state index in [9.17, 15) is 4.79 Å². The third-order valence-electron chi connectivity index (χ3n) is 5.24. The molecule has 1 amide bonds. The zero-order valence-corrected chi connectivity index (χ0v) is 16.3. The summed E-state index contributed by atoms with van der Waals surface area (Å²) in [5, 5.41) is 4.50. The van der Waals surface area contributed by atoms with Gasteiger partial charge in [0.15, 0.2) is 11.3 Å². The molecule has 1 aliphatic heterocycles. The number of anilines is 1. The van der Waals surface area contributed by atoms with Gasteiger partial charge in [0.25, 0.3) is 5.91 Å². The molecular formula is C21H25N5O. The molecule has 6 nitrogen and oxygen atoms in total. The van der Waals surface area contributed by atoms with Crippen LogP contribution in [0.15, 0.2) is 36.4 Å². The van der Waals surface area contributed by atoms with Gasteiger partial charge in [-0.25, -0.2) is 9.50 Å². The number of piperazine rings is 1. The number of carbonyl (C=O) groups excluding carboxylic acids is 1. The fourth-order valence-electron chi connectivity index (χ4n) is 3.79. The zero-order chi connectivity index (χ0) is 19.1. The average Bonchev–Trinajstić information content (AvgIpc) is 3.06. The van der Waals surface area contributed by atoms with Gasteiger partial charge in [0.2, 0.25) is 0 Å². The highest BCUT2D eigenvalue weighted by atomic mass is 16.2. The summed E-state index contributed by atoms with van der Waals surface area (Å²) in [7, 11) is 0. The predicted octanol–water partition coefficient (Wildman–Crippen LogP) is 3.01. The molecule has 1 atom stereocenters. The van der Waals surface area contributed by atoms with Gasteiger partial charge < -0.3 is 9.80 Å². The molecule has 140 valence electrons. The van der Waals surface area contributed by atoms with Crippen LogP contribution in [0.4, 0.5) is 5.69 Å². The maximum absolute atomic E-state index is 13.1. The monoisotopic (exact) mass is 363 g/mol. The molecular weight excluding hydrogens is 338 g/mol. The Labute approximate surface area is 159 Å². The van der Waals surface area contributed by atoms with Crippen molar-refractivity contribution >= 4 is 17.2 Å². The molecule has 3 aromatic rings. The summed E-state index contributed by atoms with van der Waals surface area (Å²) < 4.78 is 1.74. The van der Waals surface area contributed by atoms with Crippen LogP contribution in [0, 0.1) is 20.8 Å². The first kappa shape index (κ1) is 17.5. The fraction of sp³-hybridized carbons (Fsp3) is 0.381. The van der Waals surface area contributed by atoms with Crippen LogP contribution in [0.25, 0.3) is 5.65 Å². The van der Waals surface area contributed by atoms with Gasteiger partial charge in [0.05, 0.1) is 0 Å². The summed E-state index contributed by atoms with van der Waals surface area (Å²) in [6.07, 6.45) is 0. The first-order valence-corrected chi connectivity index (χ1v) is 9.39.